The molecule has 1 aromatic carbocycles. The van der Waals surface area contributed by atoms with Crippen LogP contribution < -0.4 is 9.47 Å². The molecule has 3 rings (SSSR count). The molecule has 2 heterocycles. The number of ether oxygens (including phenoxy) is 2. The van der Waals surface area contributed by atoms with E-state index in [-0.39, 0.29) is 5.78 Å². The van der Waals surface area contributed by atoms with E-state index in [9.17, 15) is 4.79 Å². The van der Waals surface area contributed by atoms with Gasteiger partial charge >= 0.3 is 0 Å². The Kier molecular flexibility index (Phi) is 3.20. The van der Waals surface area contributed by atoms with E-state index in [4.69, 9.17) is 14.0 Å². The molecule has 21 heavy (non-hydrogen) atoms. The lowest BCUT2D eigenvalue weighted by atomic mass is 10.1. The van der Waals surface area contributed by atoms with Crippen LogP contribution >= 0.6 is 0 Å². The second-order valence-corrected chi connectivity index (χ2v) is 5.62. The molecule has 0 aliphatic carbocycles. The summed E-state index contributed by atoms with van der Waals surface area (Å²) < 4.78 is 16.3. The Balaban J connectivity index is 1.68. The van der Waals surface area contributed by atoms with Crippen LogP contribution in [0.25, 0.3) is 0 Å². The summed E-state index contributed by atoms with van der Waals surface area (Å²) in [6, 6.07) is 7.60. The van der Waals surface area contributed by atoms with Gasteiger partial charge in [0.05, 0.1) is 5.69 Å². The highest BCUT2D eigenvalue weighted by atomic mass is 16.7. The Morgan fingerprint density at radius 3 is 2.62 bits per heavy atom. The zero-order valence-electron chi connectivity index (χ0n) is 12.3. The predicted molar refractivity (Wildman–Crippen MR) is 75.7 cm³/mol. The van der Waals surface area contributed by atoms with Crippen molar-refractivity contribution in [2.45, 2.75) is 39.4 Å². The molecule has 0 saturated carbocycles. The number of Topliss-reactive ketones (excluding diaryl/α,β-unsaturated/α-hetero) is 1. The fourth-order valence-electron chi connectivity index (χ4n) is 2.29. The molecular weight excluding hydrogens is 270 g/mol. The van der Waals surface area contributed by atoms with E-state index in [1.807, 2.05) is 32.0 Å². The van der Waals surface area contributed by atoms with E-state index < -0.39 is 5.79 Å². The molecule has 0 spiro atoms. The maximum atomic E-state index is 11.2. The molecule has 0 bridgehead atoms. The average molecular weight is 287 g/mol. The third-order valence-corrected chi connectivity index (χ3v) is 3.30. The Bertz CT molecular complexity index is 687. The molecule has 0 saturated heterocycles. The van der Waals surface area contributed by atoms with E-state index in [2.05, 4.69) is 5.16 Å². The molecule has 0 N–H and O–H groups in total. The SMILES string of the molecule is CC(=O)c1cc(CCc2ccc3c(c2)OC(C)(C)O3)no1. The number of nitrogens with zero attached hydrogens (tertiary/aromatic N) is 1. The molecule has 5 heteroatoms. The number of hydrogen-bond donors (Lipinski definition) is 0. The number of carbonyl (C=O) groups is 1. The van der Waals surface area contributed by atoms with Crippen LogP contribution in [0.1, 0.15) is 42.6 Å². The molecule has 0 unspecified atom stereocenters. The predicted octanol–water partition coefficient (Wildman–Crippen LogP) is 3.17. The minimum Gasteiger partial charge on any atom is -0.449 e. The Morgan fingerprint density at radius 2 is 1.90 bits per heavy atom. The van der Waals surface area contributed by atoms with E-state index in [1.54, 1.807) is 6.07 Å². The Hall–Kier alpha value is -2.30. The number of carbonyl (C=O) groups excluding carboxylic acids is 1. The molecule has 110 valence electrons. The normalized spacial score (nSPS) is 15.2. The number of aryl methyl sites for hydroxylation is 2. The van der Waals surface area contributed by atoms with Gasteiger partial charge < -0.3 is 14.0 Å². The standard InChI is InChI=1S/C16H17NO4/c1-10(18)14-9-12(17-21-14)6-4-11-5-7-13-15(8-11)20-16(2,3)19-13/h5,7-9H,4,6H2,1-3H3. The fourth-order valence-corrected chi connectivity index (χ4v) is 2.29. The first-order chi connectivity index (χ1) is 9.93. The largest absolute Gasteiger partial charge is 0.449 e. The van der Waals surface area contributed by atoms with E-state index in [1.165, 1.54) is 6.92 Å². The summed E-state index contributed by atoms with van der Waals surface area (Å²) in [4.78, 5) is 11.2. The summed E-state index contributed by atoms with van der Waals surface area (Å²) in [6.45, 7) is 5.22. The van der Waals surface area contributed by atoms with Crippen LogP contribution in [-0.4, -0.2) is 16.7 Å². The highest BCUT2D eigenvalue weighted by Gasteiger charge is 2.31. The van der Waals surface area contributed by atoms with Gasteiger partial charge in [-0.05, 0) is 30.5 Å². The summed E-state index contributed by atoms with van der Waals surface area (Å²) in [5.74, 6) is 1.12. The van der Waals surface area contributed by atoms with Gasteiger partial charge in [0, 0.05) is 26.8 Å². The van der Waals surface area contributed by atoms with Gasteiger partial charge in [-0.15, -0.1) is 0 Å². The van der Waals surface area contributed by atoms with Gasteiger partial charge in [-0.2, -0.15) is 0 Å². The second kappa shape index (κ2) is 4.91. The van der Waals surface area contributed by atoms with Crippen molar-refractivity contribution in [1.82, 2.24) is 5.16 Å². The highest BCUT2D eigenvalue weighted by molar-refractivity contribution is 5.91. The molecule has 0 atom stereocenters. The molecule has 5 nitrogen and oxygen atoms in total. The topological polar surface area (TPSA) is 61.6 Å². The molecule has 0 radical (unpaired) electrons. The fraction of sp³-hybridized carbons (Fsp3) is 0.375. The van der Waals surface area contributed by atoms with Crippen molar-refractivity contribution in [3.05, 3.63) is 41.3 Å². The zero-order valence-corrected chi connectivity index (χ0v) is 12.3. The van der Waals surface area contributed by atoms with Crippen LogP contribution in [-0.2, 0) is 12.8 Å². The van der Waals surface area contributed by atoms with Crippen molar-refractivity contribution in [1.29, 1.82) is 0 Å². The van der Waals surface area contributed by atoms with Gasteiger partial charge in [0.15, 0.2) is 17.3 Å². The van der Waals surface area contributed by atoms with Crippen LogP contribution in [0.3, 0.4) is 0 Å². The first kappa shape index (κ1) is 13.7. The summed E-state index contributed by atoms with van der Waals surface area (Å²) >= 11 is 0. The van der Waals surface area contributed by atoms with Gasteiger partial charge in [0.25, 0.3) is 0 Å². The summed E-state index contributed by atoms with van der Waals surface area (Å²) in [7, 11) is 0. The zero-order chi connectivity index (χ0) is 15.0. The first-order valence-electron chi connectivity index (χ1n) is 6.90. The van der Waals surface area contributed by atoms with Crippen LogP contribution in [0.5, 0.6) is 11.5 Å². The molecule has 1 aliphatic heterocycles. The smallest absolute Gasteiger partial charge is 0.246 e. The van der Waals surface area contributed by atoms with Crippen LogP contribution in [0, 0.1) is 0 Å². The van der Waals surface area contributed by atoms with Crippen molar-refractivity contribution in [3.63, 3.8) is 0 Å². The van der Waals surface area contributed by atoms with Crippen LogP contribution in [0.2, 0.25) is 0 Å². The Morgan fingerprint density at radius 1 is 1.14 bits per heavy atom. The third-order valence-electron chi connectivity index (χ3n) is 3.30. The third kappa shape index (κ3) is 2.91. The minimum absolute atomic E-state index is 0.112. The van der Waals surface area contributed by atoms with Gasteiger partial charge in [0.2, 0.25) is 11.5 Å². The number of rotatable bonds is 4. The van der Waals surface area contributed by atoms with Gasteiger partial charge in [-0.1, -0.05) is 11.2 Å². The van der Waals surface area contributed by atoms with Crippen molar-refractivity contribution >= 4 is 5.78 Å². The maximum Gasteiger partial charge on any atom is 0.246 e. The lowest BCUT2D eigenvalue weighted by molar-refractivity contribution is -0.0431. The monoisotopic (exact) mass is 287 g/mol. The van der Waals surface area contributed by atoms with Crippen LogP contribution in [0.4, 0.5) is 0 Å². The summed E-state index contributed by atoms with van der Waals surface area (Å²) in [5, 5.41) is 3.90. The van der Waals surface area contributed by atoms with E-state index in [0.29, 0.717) is 12.2 Å². The number of ketones is 1. The molecule has 2 aromatic rings. The van der Waals surface area contributed by atoms with Gasteiger partial charge in [0.1, 0.15) is 0 Å². The van der Waals surface area contributed by atoms with E-state index in [0.717, 1.165) is 29.2 Å². The molecule has 0 amide bonds. The quantitative estimate of drug-likeness (QED) is 0.808. The summed E-state index contributed by atoms with van der Waals surface area (Å²) in [5.41, 5.74) is 1.90. The van der Waals surface area contributed by atoms with Crippen molar-refractivity contribution in [3.8, 4) is 11.5 Å². The number of hydrogen-bond acceptors (Lipinski definition) is 5. The lowest BCUT2D eigenvalue weighted by Crippen LogP contribution is -2.29. The maximum absolute atomic E-state index is 11.2. The minimum atomic E-state index is -0.608. The summed E-state index contributed by atoms with van der Waals surface area (Å²) in [6.07, 6.45) is 1.50. The lowest BCUT2D eigenvalue weighted by Gasteiger charge is -2.16. The molecular formula is C16H17NO4. The highest BCUT2D eigenvalue weighted by Crippen LogP contribution is 2.39. The van der Waals surface area contributed by atoms with Gasteiger partial charge in [-0.3, -0.25) is 4.79 Å². The van der Waals surface area contributed by atoms with E-state index >= 15 is 0 Å². The van der Waals surface area contributed by atoms with Crippen molar-refractivity contribution in [2.24, 2.45) is 0 Å². The molecule has 1 aliphatic rings. The van der Waals surface area contributed by atoms with Crippen molar-refractivity contribution in [2.75, 3.05) is 0 Å². The average Bonchev–Trinajstić information content (AvgIpc) is 2.98. The Labute approximate surface area is 122 Å². The molecule has 0 fully saturated rings. The number of aromatic nitrogens is 1. The first-order valence-corrected chi connectivity index (χ1v) is 6.90. The number of fused-ring (bicyclic) bond motifs is 1. The molecule has 1 aromatic heterocycles. The van der Waals surface area contributed by atoms with Gasteiger partial charge in [-0.25, -0.2) is 0 Å². The number of benzene rings is 1. The van der Waals surface area contributed by atoms with Crippen molar-refractivity contribution < 1.29 is 18.8 Å². The van der Waals surface area contributed by atoms with Crippen LogP contribution in [0.15, 0.2) is 28.8 Å². The second-order valence-electron chi connectivity index (χ2n) is 5.62.